The van der Waals surface area contributed by atoms with Crippen molar-refractivity contribution in [2.75, 3.05) is 5.32 Å². The maximum absolute atomic E-state index is 13.2. The van der Waals surface area contributed by atoms with E-state index < -0.39 is 0 Å². The molecule has 34 heavy (non-hydrogen) atoms. The first-order chi connectivity index (χ1) is 16.3. The van der Waals surface area contributed by atoms with Crippen LogP contribution >= 0.6 is 31.9 Å². The van der Waals surface area contributed by atoms with Crippen molar-refractivity contribution in [3.63, 3.8) is 0 Å². The third kappa shape index (κ3) is 5.65. The molecular weight excluding hydrogens is 558 g/mol. The van der Waals surface area contributed by atoms with E-state index in [-0.39, 0.29) is 30.7 Å². The zero-order valence-electron chi connectivity index (χ0n) is 19.0. The number of carbonyl (C=O) groups excluding carboxylic acids is 2. The predicted octanol–water partition coefficient (Wildman–Crippen LogP) is 6.93. The summed E-state index contributed by atoms with van der Waals surface area (Å²) < 4.78 is 1.96. The molecule has 1 N–H and O–H groups in total. The molecule has 1 atom stereocenters. The first-order valence-corrected chi connectivity index (χ1v) is 12.7. The number of nitrogens with one attached hydrogen (secondary N) is 1. The fourth-order valence-corrected chi connectivity index (χ4v) is 4.58. The van der Waals surface area contributed by atoms with Gasteiger partial charge in [0.15, 0.2) is 0 Å². The van der Waals surface area contributed by atoms with Gasteiger partial charge < -0.3 is 5.32 Å². The van der Waals surface area contributed by atoms with Gasteiger partial charge in [0.2, 0.25) is 11.8 Å². The van der Waals surface area contributed by atoms with Crippen LogP contribution in [0.15, 0.2) is 80.8 Å². The highest BCUT2D eigenvalue weighted by molar-refractivity contribution is 9.10. The van der Waals surface area contributed by atoms with Gasteiger partial charge in [-0.25, -0.2) is 5.01 Å². The Bertz CT molecular complexity index is 1220. The van der Waals surface area contributed by atoms with Crippen molar-refractivity contribution in [3.05, 3.63) is 97.9 Å². The van der Waals surface area contributed by atoms with Gasteiger partial charge in [-0.05, 0) is 60.4 Å². The molecule has 1 aliphatic heterocycles. The maximum atomic E-state index is 13.2. The van der Waals surface area contributed by atoms with Crippen LogP contribution in [0.2, 0.25) is 0 Å². The molecule has 3 aromatic carbocycles. The molecule has 0 unspecified atom stereocenters. The Morgan fingerprint density at radius 1 is 0.912 bits per heavy atom. The number of amides is 2. The molecule has 0 aromatic heterocycles. The number of nitrogens with zero attached hydrogens (tertiary/aromatic N) is 2. The molecule has 0 saturated carbocycles. The molecular formula is C27H25Br2N3O2. The zero-order valence-corrected chi connectivity index (χ0v) is 22.2. The highest BCUT2D eigenvalue weighted by atomic mass is 79.9. The van der Waals surface area contributed by atoms with E-state index in [2.05, 4.69) is 37.2 Å². The summed E-state index contributed by atoms with van der Waals surface area (Å²) in [5, 5.41) is 9.21. The van der Waals surface area contributed by atoms with Crippen molar-refractivity contribution in [2.24, 2.45) is 5.10 Å². The SMILES string of the molecule is Cc1cccc(C)c1NC(=O)CCC(=O)N1N=C(c2ccc(Br)cc2)C[C@H]1c1ccc(Br)cc1. The van der Waals surface area contributed by atoms with Gasteiger partial charge in [0.05, 0.1) is 11.8 Å². The van der Waals surface area contributed by atoms with Gasteiger partial charge in [-0.2, -0.15) is 5.10 Å². The Hall–Kier alpha value is -2.77. The van der Waals surface area contributed by atoms with Crippen molar-refractivity contribution < 1.29 is 9.59 Å². The summed E-state index contributed by atoms with van der Waals surface area (Å²) in [6.07, 6.45) is 0.795. The van der Waals surface area contributed by atoms with Crippen LogP contribution in [0, 0.1) is 13.8 Å². The van der Waals surface area contributed by atoms with Crippen molar-refractivity contribution in [2.45, 2.75) is 39.2 Å². The van der Waals surface area contributed by atoms with E-state index in [0.29, 0.717) is 6.42 Å². The molecule has 0 fully saturated rings. The van der Waals surface area contributed by atoms with Crippen molar-refractivity contribution in [3.8, 4) is 0 Å². The monoisotopic (exact) mass is 581 g/mol. The molecule has 2 amide bonds. The second-order valence-electron chi connectivity index (χ2n) is 8.38. The number of para-hydroxylation sites is 1. The molecule has 7 heteroatoms. The molecule has 0 saturated heterocycles. The molecule has 0 bridgehead atoms. The normalized spacial score (nSPS) is 15.2. The smallest absolute Gasteiger partial charge is 0.243 e. The molecule has 5 nitrogen and oxygen atoms in total. The summed E-state index contributed by atoms with van der Waals surface area (Å²) in [5.74, 6) is -0.348. The van der Waals surface area contributed by atoms with E-state index in [9.17, 15) is 9.59 Å². The summed E-state index contributed by atoms with van der Waals surface area (Å²) >= 11 is 6.94. The fourth-order valence-electron chi connectivity index (χ4n) is 4.05. The van der Waals surface area contributed by atoms with Crippen LogP contribution in [-0.4, -0.2) is 22.5 Å². The Morgan fingerprint density at radius 3 is 2.12 bits per heavy atom. The second kappa shape index (κ2) is 10.7. The van der Waals surface area contributed by atoms with E-state index in [1.807, 2.05) is 80.6 Å². The molecule has 3 aromatic rings. The van der Waals surface area contributed by atoms with Crippen molar-refractivity contribution in [1.82, 2.24) is 5.01 Å². The van der Waals surface area contributed by atoms with Crippen LogP contribution in [-0.2, 0) is 9.59 Å². The second-order valence-corrected chi connectivity index (χ2v) is 10.2. The highest BCUT2D eigenvalue weighted by Crippen LogP contribution is 2.34. The number of aryl methyl sites for hydroxylation is 2. The lowest BCUT2D eigenvalue weighted by molar-refractivity contribution is -0.134. The topological polar surface area (TPSA) is 61.8 Å². The number of carbonyl (C=O) groups is 2. The van der Waals surface area contributed by atoms with E-state index >= 15 is 0 Å². The summed E-state index contributed by atoms with van der Waals surface area (Å²) in [6.45, 7) is 3.92. The number of hydrogen-bond donors (Lipinski definition) is 1. The van der Waals surface area contributed by atoms with Crippen LogP contribution in [0.3, 0.4) is 0 Å². The largest absolute Gasteiger partial charge is 0.326 e. The molecule has 0 aliphatic carbocycles. The molecule has 0 radical (unpaired) electrons. The van der Waals surface area contributed by atoms with Crippen LogP contribution in [0.1, 0.15) is 47.6 Å². The minimum Gasteiger partial charge on any atom is -0.326 e. The predicted molar refractivity (Wildman–Crippen MR) is 143 cm³/mol. The average Bonchev–Trinajstić information content (AvgIpc) is 3.26. The Balaban J connectivity index is 1.50. The highest BCUT2D eigenvalue weighted by Gasteiger charge is 2.33. The van der Waals surface area contributed by atoms with Crippen molar-refractivity contribution in [1.29, 1.82) is 0 Å². The van der Waals surface area contributed by atoms with Crippen LogP contribution in [0.4, 0.5) is 5.69 Å². The Labute approximate surface area is 216 Å². The number of rotatable bonds is 6. The Morgan fingerprint density at radius 2 is 1.50 bits per heavy atom. The molecule has 174 valence electrons. The minimum absolute atomic E-state index is 0.0842. The van der Waals surface area contributed by atoms with Crippen molar-refractivity contribution >= 4 is 55.1 Å². The van der Waals surface area contributed by atoms with Gasteiger partial charge >= 0.3 is 0 Å². The third-order valence-corrected chi connectivity index (χ3v) is 6.97. The Kier molecular flexibility index (Phi) is 7.63. The number of hydrogen-bond acceptors (Lipinski definition) is 3. The molecule has 0 spiro atoms. The standard InChI is InChI=1S/C27H25Br2N3O2/c1-17-4-3-5-18(2)27(17)30-25(33)14-15-26(34)32-24(20-8-12-22(29)13-9-20)16-23(31-32)19-6-10-21(28)11-7-19/h3-13,24H,14-16H2,1-2H3,(H,30,33)/t24-/m0/s1. The summed E-state index contributed by atoms with van der Waals surface area (Å²) in [5.41, 5.74) is 5.65. The fraction of sp³-hybridized carbons (Fsp3) is 0.222. The lowest BCUT2D eigenvalue weighted by Crippen LogP contribution is -2.28. The summed E-state index contributed by atoms with van der Waals surface area (Å²) in [6, 6.07) is 21.5. The van der Waals surface area contributed by atoms with Crippen LogP contribution in [0.5, 0.6) is 0 Å². The number of benzene rings is 3. The minimum atomic E-state index is -0.207. The zero-order chi connectivity index (χ0) is 24.2. The number of halogens is 2. The number of anilines is 1. The lowest BCUT2D eigenvalue weighted by Gasteiger charge is -2.22. The molecule has 1 heterocycles. The van der Waals surface area contributed by atoms with Gasteiger partial charge in [0.25, 0.3) is 0 Å². The third-order valence-electron chi connectivity index (χ3n) is 5.91. The van der Waals surface area contributed by atoms with E-state index in [0.717, 1.165) is 42.6 Å². The molecule has 4 rings (SSSR count). The summed E-state index contributed by atoms with van der Waals surface area (Å²) in [7, 11) is 0. The average molecular weight is 583 g/mol. The van der Waals surface area contributed by atoms with Crippen LogP contribution in [0.25, 0.3) is 0 Å². The van der Waals surface area contributed by atoms with Gasteiger partial charge in [0.1, 0.15) is 0 Å². The van der Waals surface area contributed by atoms with Gasteiger partial charge in [-0.3, -0.25) is 9.59 Å². The maximum Gasteiger partial charge on any atom is 0.243 e. The number of hydrazone groups is 1. The lowest BCUT2D eigenvalue weighted by atomic mass is 9.98. The van der Waals surface area contributed by atoms with Gasteiger partial charge in [-0.15, -0.1) is 0 Å². The first-order valence-electron chi connectivity index (χ1n) is 11.1. The first kappa shape index (κ1) is 24.4. The van der Waals surface area contributed by atoms with E-state index in [4.69, 9.17) is 5.10 Å². The van der Waals surface area contributed by atoms with Crippen LogP contribution < -0.4 is 5.32 Å². The molecule has 1 aliphatic rings. The van der Waals surface area contributed by atoms with E-state index in [1.165, 1.54) is 0 Å². The van der Waals surface area contributed by atoms with E-state index in [1.54, 1.807) is 5.01 Å². The quantitative estimate of drug-likeness (QED) is 0.343. The van der Waals surface area contributed by atoms with Gasteiger partial charge in [-0.1, -0.05) is 74.3 Å². The van der Waals surface area contributed by atoms with Gasteiger partial charge in [0, 0.05) is 33.9 Å². The summed E-state index contributed by atoms with van der Waals surface area (Å²) in [4.78, 5) is 25.9.